The molecule has 1 atom stereocenters. The van der Waals surface area contributed by atoms with E-state index in [1.54, 1.807) is 0 Å². The van der Waals surface area contributed by atoms with Gasteiger partial charge in [-0.3, -0.25) is 0 Å². The first-order valence-electron chi connectivity index (χ1n) is 5.63. The van der Waals surface area contributed by atoms with Gasteiger partial charge in [-0.2, -0.15) is 0 Å². The van der Waals surface area contributed by atoms with Crippen molar-refractivity contribution in [1.29, 1.82) is 0 Å². The van der Waals surface area contributed by atoms with Gasteiger partial charge in [0, 0.05) is 10.9 Å². The van der Waals surface area contributed by atoms with Gasteiger partial charge in [-0.25, -0.2) is 0 Å². The normalized spacial score (nSPS) is 13.0. The lowest BCUT2D eigenvalue weighted by molar-refractivity contribution is 0.416. The van der Waals surface area contributed by atoms with Gasteiger partial charge in [0.05, 0.1) is 0 Å². The van der Waals surface area contributed by atoms with Crippen molar-refractivity contribution >= 4 is 11.3 Å². The molecule has 1 aromatic heterocycles. The van der Waals surface area contributed by atoms with Gasteiger partial charge in [0.25, 0.3) is 0 Å². The molecular weight excluding hydrogens is 202 g/mol. The Kier molecular flexibility index (Phi) is 5.66. The summed E-state index contributed by atoms with van der Waals surface area (Å²) in [6, 6.07) is 4.85. The van der Waals surface area contributed by atoms with Crippen LogP contribution in [0.25, 0.3) is 0 Å². The Morgan fingerprint density at radius 3 is 2.87 bits per heavy atom. The molecule has 1 rings (SSSR count). The molecule has 0 aliphatic rings. The monoisotopic (exact) mass is 223 g/mol. The van der Waals surface area contributed by atoms with Gasteiger partial charge in [0.15, 0.2) is 0 Å². The zero-order chi connectivity index (χ0) is 11.1. The van der Waals surface area contributed by atoms with E-state index in [4.69, 9.17) is 0 Å². The van der Waals surface area contributed by atoms with Gasteiger partial charge < -0.3 is 5.32 Å². The molecule has 1 nitrogen and oxygen atoms in total. The smallest absolute Gasteiger partial charge is 0.0438 e. The van der Waals surface area contributed by atoms with E-state index in [0.717, 1.165) is 13.0 Å². The molecule has 0 aliphatic heterocycles. The first-order chi connectivity index (χ1) is 7.25. The van der Waals surface area contributed by atoms with Crippen molar-refractivity contribution < 1.29 is 0 Å². The van der Waals surface area contributed by atoms with Crippen LogP contribution in [0.1, 0.15) is 37.6 Å². The van der Waals surface area contributed by atoms with Crippen LogP contribution in [0, 0.1) is 5.92 Å². The highest BCUT2D eigenvalue weighted by atomic mass is 32.1. The minimum Gasteiger partial charge on any atom is -0.309 e. The largest absolute Gasteiger partial charge is 0.309 e. The predicted octanol–water partition coefficient (Wildman–Crippen LogP) is 4.00. The standard InChI is InChI=1S/C13H21NS/c1-4-5-6-9-14-13(11(2)3)12-8-7-10-15-12/h4,7-8,10-11,13-14H,1,5-6,9H2,2-3H3. The molecule has 0 saturated heterocycles. The number of rotatable bonds is 7. The van der Waals surface area contributed by atoms with Gasteiger partial charge in [-0.05, 0) is 36.8 Å². The fourth-order valence-corrected chi connectivity index (χ4v) is 2.61. The average molecular weight is 223 g/mol. The summed E-state index contributed by atoms with van der Waals surface area (Å²) in [5.74, 6) is 0.646. The highest BCUT2D eigenvalue weighted by Crippen LogP contribution is 2.25. The van der Waals surface area contributed by atoms with Crippen LogP contribution < -0.4 is 5.32 Å². The third kappa shape index (κ3) is 4.18. The van der Waals surface area contributed by atoms with Crippen molar-refractivity contribution in [3.05, 3.63) is 35.0 Å². The Labute approximate surface area is 97.2 Å². The lowest BCUT2D eigenvalue weighted by Crippen LogP contribution is -2.25. The van der Waals surface area contributed by atoms with Gasteiger partial charge in [-0.1, -0.05) is 26.0 Å². The van der Waals surface area contributed by atoms with E-state index in [1.165, 1.54) is 11.3 Å². The summed E-state index contributed by atoms with van der Waals surface area (Å²) in [4.78, 5) is 1.45. The predicted molar refractivity (Wildman–Crippen MR) is 69.3 cm³/mol. The number of nitrogens with one attached hydrogen (secondary N) is 1. The molecule has 0 bridgehead atoms. The highest BCUT2D eigenvalue weighted by Gasteiger charge is 2.15. The Morgan fingerprint density at radius 2 is 2.33 bits per heavy atom. The van der Waals surface area contributed by atoms with E-state index in [0.29, 0.717) is 12.0 Å². The van der Waals surface area contributed by atoms with E-state index >= 15 is 0 Å². The third-order valence-corrected chi connectivity index (χ3v) is 3.42. The molecule has 1 aromatic rings. The fraction of sp³-hybridized carbons (Fsp3) is 0.538. The second kappa shape index (κ2) is 6.81. The van der Waals surface area contributed by atoms with Crippen LogP contribution >= 0.6 is 11.3 Å². The van der Waals surface area contributed by atoms with Crippen molar-refractivity contribution in [2.45, 2.75) is 32.7 Å². The number of thiophene rings is 1. The Balaban J connectivity index is 2.42. The zero-order valence-electron chi connectivity index (χ0n) is 9.70. The van der Waals surface area contributed by atoms with Crippen molar-refractivity contribution in [3.63, 3.8) is 0 Å². The highest BCUT2D eigenvalue weighted by molar-refractivity contribution is 7.10. The summed E-state index contributed by atoms with van der Waals surface area (Å²) < 4.78 is 0. The zero-order valence-corrected chi connectivity index (χ0v) is 10.5. The molecule has 0 fully saturated rings. The van der Waals surface area contributed by atoms with Crippen molar-refractivity contribution in [1.82, 2.24) is 5.32 Å². The maximum atomic E-state index is 3.74. The van der Waals surface area contributed by atoms with Gasteiger partial charge in [0.2, 0.25) is 0 Å². The topological polar surface area (TPSA) is 12.0 Å². The summed E-state index contributed by atoms with van der Waals surface area (Å²) in [6.07, 6.45) is 4.26. The summed E-state index contributed by atoms with van der Waals surface area (Å²) in [5.41, 5.74) is 0. The number of allylic oxidation sites excluding steroid dienone is 1. The Morgan fingerprint density at radius 1 is 1.53 bits per heavy atom. The molecule has 0 aromatic carbocycles. The summed E-state index contributed by atoms with van der Waals surface area (Å²) in [7, 11) is 0. The second-order valence-electron chi connectivity index (χ2n) is 4.12. The number of hydrogen-bond acceptors (Lipinski definition) is 2. The summed E-state index contributed by atoms with van der Waals surface area (Å²) in [6.45, 7) is 9.35. The Hall–Kier alpha value is -0.600. The lowest BCUT2D eigenvalue weighted by atomic mass is 10.0. The Bertz CT molecular complexity index is 264. The molecule has 0 aliphatic carbocycles. The number of hydrogen-bond donors (Lipinski definition) is 1. The van der Waals surface area contributed by atoms with E-state index in [2.05, 4.69) is 43.3 Å². The van der Waals surface area contributed by atoms with Crippen LogP contribution in [0.5, 0.6) is 0 Å². The molecule has 0 spiro atoms. The van der Waals surface area contributed by atoms with Gasteiger partial charge >= 0.3 is 0 Å². The molecule has 1 unspecified atom stereocenters. The molecule has 15 heavy (non-hydrogen) atoms. The second-order valence-corrected chi connectivity index (χ2v) is 5.10. The molecular formula is C13H21NS. The molecule has 0 radical (unpaired) electrons. The molecule has 2 heteroatoms. The van der Waals surface area contributed by atoms with Crippen molar-refractivity contribution in [2.75, 3.05) is 6.54 Å². The molecule has 0 saturated carbocycles. The number of unbranched alkanes of at least 4 members (excludes halogenated alkanes) is 1. The van der Waals surface area contributed by atoms with E-state index in [1.807, 2.05) is 17.4 Å². The van der Waals surface area contributed by atoms with E-state index < -0.39 is 0 Å². The SMILES string of the molecule is C=CCCCNC(c1cccs1)C(C)C. The molecule has 0 amide bonds. The average Bonchev–Trinajstić information content (AvgIpc) is 2.70. The van der Waals surface area contributed by atoms with E-state index in [-0.39, 0.29) is 0 Å². The van der Waals surface area contributed by atoms with Crippen LogP contribution in [0.2, 0.25) is 0 Å². The van der Waals surface area contributed by atoms with Crippen LogP contribution in [0.3, 0.4) is 0 Å². The van der Waals surface area contributed by atoms with Crippen LogP contribution in [0.4, 0.5) is 0 Å². The molecule has 84 valence electrons. The van der Waals surface area contributed by atoms with Crippen LogP contribution in [-0.4, -0.2) is 6.54 Å². The van der Waals surface area contributed by atoms with Crippen LogP contribution in [0.15, 0.2) is 30.2 Å². The first-order valence-corrected chi connectivity index (χ1v) is 6.51. The maximum Gasteiger partial charge on any atom is 0.0438 e. The lowest BCUT2D eigenvalue weighted by Gasteiger charge is -2.21. The van der Waals surface area contributed by atoms with Crippen LogP contribution in [-0.2, 0) is 0 Å². The van der Waals surface area contributed by atoms with Crippen molar-refractivity contribution in [3.8, 4) is 0 Å². The van der Waals surface area contributed by atoms with E-state index in [9.17, 15) is 0 Å². The molecule has 1 heterocycles. The minimum atomic E-state index is 0.509. The van der Waals surface area contributed by atoms with Gasteiger partial charge in [-0.15, -0.1) is 17.9 Å². The maximum absolute atomic E-state index is 3.74. The van der Waals surface area contributed by atoms with Crippen molar-refractivity contribution in [2.24, 2.45) is 5.92 Å². The first kappa shape index (κ1) is 12.5. The van der Waals surface area contributed by atoms with Gasteiger partial charge in [0.1, 0.15) is 0 Å². The third-order valence-electron chi connectivity index (χ3n) is 2.47. The molecule has 1 N–H and O–H groups in total. The summed E-state index contributed by atoms with van der Waals surface area (Å²) in [5, 5.41) is 5.77. The fourth-order valence-electron chi connectivity index (χ4n) is 1.64. The minimum absolute atomic E-state index is 0.509. The quantitative estimate of drug-likeness (QED) is 0.544. The summed E-state index contributed by atoms with van der Waals surface area (Å²) >= 11 is 1.84.